The molecule has 3 N–H and O–H groups in total. The van der Waals surface area contributed by atoms with E-state index in [0.29, 0.717) is 25.7 Å². The number of phosphoric ester groups is 2. The first-order valence-corrected chi connectivity index (χ1v) is 50.0. The third kappa shape index (κ3) is 82.6. The van der Waals surface area contributed by atoms with Gasteiger partial charge in [-0.2, -0.15) is 0 Å². The summed E-state index contributed by atoms with van der Waals surface area (Å²) < 4.78 is 69.1. The molecule has 0 radical (unpaired) electrons. The van der Waals surface area contributed by atoms with E-state index >= 15 is 0 Å². The standard InChI is InChI=1S/C91H178O17P2/c1-7-10-12-14-16-18-20-22-23-24-25-26-27-31-34-38-44-50-56-62-68-74-89(94)102-79-86(107-90(95)75-69-63-57-51-45-39-35-32-29-28-30-33-37-42-48-54-60-66-72-84(6)9-3)81-105-109(97,98)103-77-85(92)78-104-110(99,100)106-82-87(80-101-88(93)73-67-61-55-49-43-36-21-19-17-15-13-11-8-2)108-91(96)76-70-64-58-52-46-40-41-47-53-59-65-71-83(4)5/h83-87,92H,7-82H2,1-6H3,(H,97,98)(H,99,100)/t84?,85-,86-,87-/m1/s1. The van der Waals surface area contributed by atoms with Crippen molar-refractivity contribution in [1.82, 2.24) is 0 Å². The Labute approximate surface area is 677 Å². The van der Waals surface area contributed by atoms with Crippen LogP contribution in [0.3, 0.4) is 0 Å². The van der Waals surface area contributed by atoms with Gasteiger partial charge < -0.3 is 33.8 Å². The maximum Gasteiger partial charge on any atom is 0.472 e. The third-order valence-electron chi connectivity index (χ3n) is 21.8. The number of hydrogen-bond donors (Lipinski definition) is 3. The van der Waals surface area contributed by atoms with Gasteiger partial charge >= 0.3 is 39.5 Å². The maximum atomic E-state index is 13.2. The van der Waals surface area contributed by atoms with E-state index in [1.54, 1.807) is 0 Å². The van der Waals surface area contributed by atoms with Crippen molar-refractivity contribution in [3.05, 3.63) is 0 Å². The molecule has 654 valence electrons. The zero-order valence-electron chi connectivity index (χ0n) is 72.6. The molecular weight excluding hydrogens is 1430 g/mol. The summed E-state index contributed by atoms with van der Waals surface area (Å²) in [4.78, 5) is 73.4. The second-order valence-corrected chi connectivity index (χ2v) is 36.3. The summed E-state index contributed by atoms with van der Waals surface area (Å²) in [7, 11) is -9.93. The first-order chi connectivity index (χ1) is 53.4. The molecule has 0 bridgehead atoms. The van der Waals surface area contributed by atoms with Crippen LogP contribution in [0.2, 0.25) is 0 Å². The number of aliphatic hydroxyl groups is 1. The van der Waals surface area contributed by atoms with Crippen molar-refractivity contribution >= 4 is 39.5 Å². The highest BCUT2D eigenvalue weighted by atomic mass is 31.2. The van der Waals surface area contributed by atoms with Gasteiger partial charge in [0.25, 0.3) is 0 Å². The molecule has 0 aliphatic heterocycles. The highest BCUT2D eigenvalue weighted by Crippen LogP contribution is 2.45. The van der Waals surface area contributed by atoms with Crippen molar-refractivity contribution < 1.29 is 80.2 Å². The van der Waals surface area contributed by atoms with Gasteiger partial charge in [0.15, 0.2) is 12.2 Å². The molecule has 110 heavy (non-hydrogen) atoms. The van der Waals surface area contributed by atoms with Gasteiger partial charge in [-0.05, 0) is 37.5 Å². The SMILES string of the molecule is CCCCCCCCCCCCCCCCCCCCCCCC(=O)OC[C@H](COP(=O)(O)OC[C@@H](O)COP(=O)(O)OC[C@@H](COC(=O)CCCCCCCCCCCCCCC)OC(=O)CCCCCCCCCCCCCC(C)C)OC(=O)CCCCCCCCCCCCCCCCCCCCC(C)CC. The van der Waals surface area contributed by atoms with Crippen LogP contribution in [0.25, 0.3) is 0 Å². The minimum atomic E-state index is -4.97. The smallest absolute Gasteiger partial charge is 0.462 e. The van der Waals surface area contributed by atoms with Crippen molar-refractivity contribution in [3.8, 4) is 0 Å². The predicted octanol–water partition coefficient (Wildman–Crippen LogP) is 28.2. The third-order valence-corrected chi connectivity index (χ3v) is 23.7. The zero-order valence-corrected chi connectivity index (χ0v) is 74.4. The van der Waals surface area contributed by atoms with E-state index in [1.165, 1.54) is 308 Å². The number of ether oxygens (including phenoxy) is 4. The van der Waals surface area contributed by atoms with Gasteiger partial charge in [-0.1, -0.05) is 440 Å². The van der Waals surface area contributed by atoms with Crippen molar-refractivity contribution in [2.24, 2.45) is 11.8 Å². The van der Waals surface area contributed by atoms with Gasteiger partial charge in [0, 0.05) is 25.7 Å². The molecular formula is C91H178O17P2. The van der Waals surface area contributed by atoms with Crippen LogP contribution in [-0.2, 0) is 65.4 Å². The van der Waals surface area contributed by atoms with E-state index < -0.39 is 97.5 Å². The van der Waals surface area contributed by atoms with E-state index in [2.05, 4.69) is 41.5 Å². The Hall–Kier alpha value is -1.94. The van der Waals surface area contributed by atoms with Crippen LogP contribution in [0.1, 0.15) is 491 Å². The summed E-state index contributed by atoms with van der Waals surface area (Å²) in [6.07, 6.45) is 76.4. The molecule has 0 rings (SSSR count). The molecule has 0 saturated heterocycles. The molecule has 19 heteroatoms. The largest absolute Gasteiger partial charge is 0.472 e. The molecule has 0 aromatic carbocycles. The lowest BCUT2D eigenvalue weighted by atomic mass is 9.99. The highest BCUT2D eigenvalue weighted by molar-refractivity contribution is 7.47. The number of unbranched alkanes of at least 4 members (excludes halogenated alkanes) is 59. The Morgan fingerprint density at radius 3 is 0.691 bits per heavy atom. The summed E-state index contributed by atoms with van der Waals surface area (Å²) in [5, 5.41) is 10.7. The highest BCUT2D eigenvalue weighted by Gasteiger charge is 2.31. The van der Waals surface area contributed by atoms with Gasteiger partial charge in [-0.15, -0.1) is 0 Å². The van der Waals surface area contributed by atoms with Crippen LogP contribution in [0.5, 0.6) is 0 Å². The summed E-state index contributed by atoms with van der Waals surface area (Å²) in [5.41, 5.74) is 0. The quantitative estimate of drug-likeness (QED) is 0.0222. The number of esters is 4. The molecule has 6 atom stereocenters. The first kappa shape index (κ1) is 108. The van der Waals surface area contributed by atoms with E-state index in [1.807, 2.05) is 0 Å². The van der Waals surface area contributed by atoms with E-state index in [-0.39, 0.29) is 25.7 Å². The van der Waals surface area contributed by atoms with Crippen molar-refractivity contribution in [1.29, 1.82) is 0 Å². The predicted molar refractivity (Wildman–Crippen MR) is 455 cm³/mol. The molecule has 0 fully saturated rings. The second-order valence-electron chi connectivity index (χ2n) is 33.4. The average Bonchev–Trinajstić information content (AvgIpc) is 0.896. The zero-order chi connectivity index (χ0) is 80.6. The summed E-state index contributed by atoms with van der Waals surface area (Å²) in [5.74, 6) is -0.459. The van der Waals surface area contributed by atoms with E-state index in [4.69, 9.17) is 37.0 Å². The summed E-state index contributed by atoms with van der Waals surface area (Å²) in [6, 6.07) is 0. The van der Waals surface area contributed by atoms with E-state index in [0.717, 1.165) is 102 Å². The molecule has 0 saturated carbocycles. The molecule has 0 aliphatic carbocycles. The maximum absolute atomic E-state index is 13.2. The van der Waals surface area contributed by atoms with Gasteiger partial charge in [0.2, 0.25) is 0 Å². The summed E-state index contributed by atoms with van der Waals surface area (Å²) in [6.45, 7) is 9.77. The lowest BCUT2D eigenvalue weighted by Crippen LogP contribution is -2.30. The fourth-order valence-corrected chi connectivity index (χ4v) is 15.9. The van der Waals surface area contributed by atoms with E-state index in [9.17, 15) is 43.2 Å². The molecule has 0 heterocycles. The molecule has 0 aromatic rings. The molecule has 0 aromatic heterocycles. The fraction of sp³-hybridized carbons (Fsp3) is 0.956. The van der Waals surface area contributed by atoms with Crippen molar-refractivity contribution in [2.45, 2.75) is 509 Å². The van der Waals surface area contributed by atoms with Gasteiger partial charge in [-0.25, -0.2) is 9.13 Å². The van der Waals surface area contributed by atoms with Crippen LogP contribution in [0.4, 0.5) is 0 Å². The van der Waals surface area contributed by atoms with Gasteiger partial charge in [0.1, 0.15) is 19.3 Å². The Bertz CT molecular complexity index is 2100. The minimum Gasteiger partial charge on any atom is -0.462 e. The first-order valence-electron chi connectivity index (χ1n) is 47.0. The second kappa shape index (κ2) is 82.2. The Morgan fingerprint density at radius 2 is 0.464 bits per heavy atom. The van der Waals surface area contributed by atoms with Crippen molar-refractivity contribution in [2.75, 3.05) is 39.6 Å². The molecule has 0 spiro atoms. The van der Waals surface area contributed by atoms with Crippen LogP contribution < -0.4 is 0 Å². The van der Waals surface area contributed by atoms with Crippen LogP contribution in [0, 0.1) is 11.8 Å². The monoisotopic (exact) mass is 1610 g/mol. The topological polar surface area (TPSA) is 237 Å². The summed E-state index contributed by atoms with van der Waals surface area (Å²) >= 11 is 0. The number of carbonyl (C=O) groups excluding carboxylic acids is 4. The van der Waals surface area contributed by atoms with Crippen LogP contribution in [0.15, 0.2) is 0 Å². The lowest BCUT2D eigenvalue weighted by Gasteiger charge is -2.21. The van der Waals surface area contributed by atoms with Gasteiger partial charge in [0.05, 0.1) is 26.4 Å². The Morgan fingerprint density at radius 1 is 0.264 bits per heavy atom. The Balaban J connectivity index is 5.24. The molecule has 0 amide bonds. The van der Waals surface area contributed by atoms with Gasteiger partial charge in [-0.3, -0.25) is 37.3 Å². The minimum absolute atomic E-state index is 0.107. The number of rotatable bonds is 90. The number of phosphoric acid groups is 2. The number of aliphatic hydroxyl groups excluding tert-OH is 1. The molecule has 0 aliphatic rings. The normalized spacial score (nSPS) is 14.0. The fourth-order valence-electron chi connectivity index (χ4n) is 14.3. The molecule has 17 nitrogen and oxygen atoms in total. The lowest BCUT2D eigenvalue weighted by molar-refractivity contribution is -0.161. The molecule has 3 unspecified atom stereocenters. The Kier molecular flexibility index (Phi) is 80.7. The van der Waals surface area contributed by atoms with Crippen LogP contribution in [-0.4, -0.2) is 96.7 Å². The average molecular weight is 1610 g/mol. The number of hydrogen-bond acceptors (Lipinski definition) is 15. The number of carbonyl (C=O) groups is 4. The van der Waals surface area contributed by atoms with Crippen LogP contribution >= 0.6 is 15.6 Å². The van der Waals surface area contributed by atoms with Crippen molar-refractivity contribution in [3.63, 3.8) is 0 Å².